The molecule has 0 fully saturated rings. The number of carboxylic acid groups (broad SMARTS) is 1. The van der Waals surface area contributed by atoms with Gasteiger partial charge in [0.25, 0.3) is 5.91 Å². The van der Waals surface area contributed by atoms with E-state index in [1.807, 2.05) is 0 Å². The molecule has 0 saturated heterocycles. The van der Waals surface area contributed by atoms with Crippen LogP contribution >= 0.6 is 0 Å². The third-order valence-corrected chi connectivity index (χ3v) is 2.09. The molecule has 0 radical (unpaired) electrons. The lowest BCUT2D eigenvalue weighted by Crippen LogP contribution is -2.26. The molecule has 5 heteroatoms. The fourth-order valence-electron chi connectivity index (χ4n) is 1.50. The maximum absolute atomic E-state index is 11.0. The highest BCUT2D eigenvalue weighted by atomic mass is 16.5. The molecule has 0 saturated carbocycles. The van der Waals surface area contributed by atoms with Crippen LogP contribution in [0, 0.1) is 6.92 Å². The monoisotopic (exact) mass is 207 g/mol. The second-order valence-corrected chi connectivity index (χ2v) is 3.33. The van der Waals surface area contributed by atoms with Gasteiger partial charge in [-0.1, -0.05) is 0 Å². The minimum Gasteiger partial charge on any atom is -0.481 e. The zero-order valence-electron chi connectivity index (χ0n) is 8.03. The van der Waals surface area contributed by atoms with Gasteiger partial charge in [0.2, 0.25) is 0 Å². The Bertz CT molecular complexity index is 453. The van der Waals surface area contributed by atoms with Gasteiger partial charge in [-0.25, -0.2) is 4.79 Å². The van der Waals surface area contributed by atoms with Crippen molar-refractivity contribution in [2.75, 3.05) is 11.9 Å². The molecule has 1 aromatic carbocycles. The number of benzene rings is 1. The highest BCUT2D eigenvalue weighted by Gasteiger charge is 2.22. The number of hydrogen-bond donors (Lipinski definition) is 2. The van der Waals surface area contributed by atoms with Gasteiger partial charge in [-0.15, -0.1) is 0 Å². The number of amides is 1. The largest absolute Gasteiger partial charge is 0.481 e. The minimum atomic E-state index is -1.06. The third kappa shape index (κ3) is 1.63. The van der Waals surface area contributed by atoms with E-state index in [0.29, 0.717) is 5.69 Å². The number of hydrogen-bond acceptors (Lipinski definition) is 3. The first-order chi connectivity index (χ1) is 7.08. The maximum atomic E-state index is 11.0. The van der Waals surface area contributed by atoms with Crippen LogP contribution in [0.2, 0.25) is 0 Å². The summed E-state index contributed by atoms with van der Waals surface area (Å²) < 4.78 is 5.09. The predicted octanol–water partition coefficient (Wildman–Crippen LogP) is 1.02. The quantitative estimate of drug-likeness (QED) is 0.721. The van der Waals surface area contributed by atoms with Crippen molar-refractivity contribution in [3.05, 3.63) is 23.3 Å². The van der Waals surface area contributed by atoms with Crippen molar-refractivity contribution in [1.29, 1.82) is 0 Å². The molecule has 1 aromatic rings. The van der Waals surface area contributed by atoms with Crippen molar-refractivity contribution < 1.29 is 19.4 Å². The Morgan fingerprint density at radius 1 is 1.53 bits per heavy atom. The number of carbonyl (C=O) groups is 2. The molecule has 5 nitrogen and oxygen atoms in total. The normalized spacial score (nSPS) is 13.8. The highest BCUT2D eigenvalue weighted by Crippen LogP contribution is 2.32. The van der Waals surface area contributed by atoms with Gasteiger partial charge in [0, 0.05) is 0 Å². The second-order valence-electron chi connectivity index (χ2n) is 3.33. The SMILES string of the molecule is Cc1cc2c(c(C(=O)O)c1)OCC(=O)N2. The summed E-state index contributed by atoms with van der Waals surface area (Å²) in [5, 5.41) is 11.5. The topological polar surface area (TPSA) is 75.6 Å². The summed E-state index contributed by atoms with van der Waals surface area (Å²) in [6.07, 6.45) is 0. The Balaban J connectivity index is 2.58. The first kappa shape index (κ1) is 9.51. The lowest BCUT2D eigenvalue weighted by Gasteiger charge is -2.20. The average molecular weight is 207 g/mol. The number of anilines is 1. The van der Waals surface area contributed by atoms with Crippen LogP contribution in [-0.4, -0.2) is 23.6 Å². The average Bonchev–Trinajstić information content (AvgIpc) is 2.15. The molecule has 1 aliphatic heterocycles. The number of aromatic carboxylic acids is 1. The van der Waals surface area contributed by atoms with Crippen molar-refractivity contribution in [3.8, 4) is 5.75 Å². The molecule has 0 aromatic heterocycles. The number of ether oxygens (including phenoxy) is 1. The van der Waals surface area contributed by atoms with Gasteiger partial charge in [0.1, 0.15) is 5.56 Å². The van der Waals surface area contributed by atoms with Gasteiger partial charge in [0.15, 0.2) is 12.4 Å². The van der Waals surface area contributed by atoms with Gasteiger partial charge < -0.3 is 15.2 Å². The number of nitrogens with one attached hydrogen (secondary N) is 1. The zero-order valence-corrected chi connectivity index (χ0v) is 8.03. The van der Waals surface area contributed by atoms with E-state index in [2.05, 4.69) is 5.32 Å². The molecular formula is C10H9NO4. The van der Waals surface area contributed by atoms with Gasteiger partial charge in [-0.2, -0.15) is 0 Å². The summed E-state index contributed by atoms with van der Waals surface area (Å²) in [6, 6.07) is 3.19. The first-order valence-electron chi connectivity index (χ1n) is 4.38. The van der Waals surface area contributed by atoms with Crippen molar-refractivity contribution in [2.45, 2.75) is 6.92 Å². The first-order valence-corrected chi connectivity index (χ1v) is 4.38. The maximum Gasteiger partial charge on any atom is 0.339 e. The Hall–Kier alpha value is -2.04. The molecule has 0 aliphatic carbocycles. The smallest absolute Gasteiger partial charge is 0.339 e. The number of carboxylic acids is 1. The molecule has 0 unspecified atom stereocenters. The Morgan fingerprint density at radius 2 is 2.27 bits per heavy atom. The molecular weight excluding hydrogens is 198 g/mol. The van der Waals surface area contributed by atoms with E-state index < -0.39 is 5.97 Å². The molecule has 1 aliphatic rings. The van der Waals surface area contributed by atoms with Crippen LogP contribution < -0.4 is 10.1 Å². The minimum absolute atomic E-state index is 0.0741. The van der Waals surface area contributed by atoms with Gasteiger partial charge in [0.05, 0.1) is 5.69 Å². The summed E-state index contributed by atoms with van der Waals surface area (Å²) in [5.41, 5.74) is 1.26. The molecule has 2 N–H and O–H groups in total. The summed E-state index contributed by atoms with van der Waals surface area (Å²) in [5.74, 6) is -1.11. The van der Waals surface area contributed by atoms with Gasteiger partial charge in [-0.05, 0) is 24.6 Å². The Kier molecular flexibility index (Phi) is 2.07. The fraction of sp³-hybridized carbons (Fsp3) is 0.200. The van der Waals surface area contributed by atoms with E-state index in [0.717, 1.165) is 5.56 Å². The van der Waals surface area contributed by atoms with E-state index in [1.54, 1.807) is 13.0 Å². The number of carbonyl (C=O) groups excluding carboxylic acids is 1. The van der Waals surface area contributed by atoms with Crippen LogP contribution in [0.15, 0.2) is 12.1 Å². The molecule has 1 amide bonds. The van der Waals surface area contributed by atoms with E-state index in [4.69, 9.17) is 9.84 Å². The zero-order chi connectivity index (χ0) is 11.0. The lowest BCUT2D eigenvalue weighted by molar-refractivity contribution is -0.118. The summed E-state index contributed by atoms with van der Waals surface area (Å²) >= 11 is 0. The van der Waals surface area contributed by atoms with Crippen LogP contribution in [0.25, 0.3) is 0 Å². The van der Waals surface area contributed by atoms with E-state index in [-0.39, 0.29) is 23.8 Å². The summed E-state index contributed by atoms with van der Waals surface area (Å²) in [4.78, 5) is 21.9. The van der Waals surface area contributed by atoms with Crippen LogP contribution in [0.1, 0.15) is 15.9 Å². The third-order valence-electron chi connectivity index (χ3n) is 2.09. The molecule has 15 heavy (non-hydrogen) atoms. The van der Waals surface area contributed by atoms with Crippen molar-refractivity contribution in [2.24, 2.45) is 0 Å². The van der Waals surface area contributed by atoms with E-state index in [1.165, 1.54) is 6.07 Å². The standard InChI is InChI=1S/C10H9NO4/c1-5-2-6(10(13)14)9-7(3-5)11-8(12)4-15-9/h2-3H,4H2,1H3,(H,11,12)(H,13,14). The van der Waals surface area contributed by atoms with Gasteiger partial charge >= 0.3 is 5.97 Å². The van der Waals surface area contributed by atoms with E-state index >= 15 is 0 Å². The Morgan fingerprint density at radius 3 is 2.93 bits per heavy atom. The van der Waals surface area contributed by atoms with Crippen molar-refractivity contribution >= 4 is 17.6 Å². The van der Waals surface area contributed by atoms with E-state index in [9.17, 15) is 9.59 Å². The highest BCUT2D eigenvalue weighted by molar-refractivity contribution is 6.00. The molecule has 1 heterocycles. The second kappa shape index (κ2) is 3.27. The van der Waals surface area contributed by atoms with Crippen LogP contribution in [-0.2, 0) is 4.79 Å². The predicted molar refractivity (Wildman–Crippen MR) is 52.3 cm³/mol. The summed E-state index contributed by atoms with van der Waals surface area (Å²) in [7, 11) is 0. The van der Waals surface area contributed by atoms with Gasteiger partial charge in [-0.3, -0.25) is 4.79 Å². The van der Waals surface area contributed by atoms with Crippen LogP contribution in [0.4, 0.5) is 5.69 Å². The lowest BCUT2D eigenvalue weighted by atomic mass is 10.1. The Labute approximate surface area is 85.7 Å². The van der Waals surface area contributed by atoms with Crippen LogP contribution in [0.3, 0.4) is 0 Å². The summed E-state index contributed by atoms with van der Waals surface area (Å²) in [6.45, 7) is 1.61. The number of fused-ring (bicyclic) bond motifs is 1. The number of rotatable bonds is 1. The van der Waals surface area contributed by atoms with Crippen molar-refractivity contribution in [1.82, 2.24) is 0 Å². The molecule has 2 rings (SSSR count). The molecule has 78 valence electrons. The molecule has 0 bridgehead atoms. The van der Waals surface area contributed by atoms with Crippen molar-refractivity contribution in [3.63, 3.8) is 0 Å². The fourth-order valence-corrected chi connectivity index (χ4v) is 1.50. The number of aryl methyl sites for hydroxylation is 1. The molecule has 0 spiro atoms. The molecule has 0 atom stereocenters. The van der Waals surface area contributed by atoms with Crippen LogP contribution in [0.5, 0.6) is 5.75 Å².